The number of aromatic nitrogens is 1. The highest BCUT2D eigenvalue weighted by molar-refractivity contribution is 5.48. The van der Waals surface area contributed by atoms with Gasteiger partial charge in [0.2, 0.25) is 0 Å². The summed E-state index contributed by atoms with van der Waals surface area (Å²) in [5, 5.41) is 3.48. The van der Waals surface area contributed by atoms with Crippen LogP contribution in [0.5, 0.6) is 5.75 Å². The van der Waals surface area contributed by atoms with Gasteiger partial charge in [-0.05, 0) is 49.7 Å². The Hall–Kier alpha value is -2.07. The van der Waals surface area contributed by atoms with Gasteiger partial charge in [-0.2, -0.15) is 0 Å². The minimum absolute atomic E-state index is 0.0165. The van der Waals surface area contributed by atoms with Crippen LogP contribution in [0.4, 0.5) is 5.82 Å². The van der Waals surface area contributed by atoms with Crippen molar-refractivity contribution in [1.29, 1.82) is 0 Å². The monoisotopic (exact) mass is 285 g/mol. The van der Waals surface area contributed by atoms with Gasteiger partial charge in [0.25, 0.3) is 0 Å². The van der Waals surface area contributed by atoms with E-state index in [2.05, 4.69) is 35.4 Å². The molecule has 1 heterocycles. The first kappa shape index (κ1) is 15.3. The molecule has 0 aliphatic heterocycles. The number of hydrogen-bond acceptors (Lipinski definition) is 4. The van der Waals surface area contributed by atoms with Crippen molar-refractivity contribution < 1.29 is 4.74 Å². The molecular formula is C17H23N3O. The molecule has 0 aliphatic carbocycles. The molecule has 3 N–H and O–H groups in total. The Morgan fingerprint density at radius 1 is 1.29 bits per heavy atom. The van der Waals surface area contributed by atoms with E-state index in [0.29, 0.717) is 12.4 Å². The predicted octanol–water partition coefficient (Wildman–Crippen LogP) is 3.07. The second kappa shape index (κ2) is 7.09. The van der Waals surface area contributed by atoms with Crippen LogP contribution in [-0.4, -0.2) is 18.1 Å². The SMILES string of the molecule is CCNC(c1cccc(OCC)c1)c1cc(C)cnc1N. The number of benzene rings is 1. The number of hydrogen-bond donors (Lipinski definition) is 2. The lowest BCUT2D eigenvalue weighted by molar-refractivity contribution is 0.339. The van der Waals surface area contributed by atoms with Crippen LogP contribution in [0.3, 0.4) is 0 Å². The largest absolute Gasteiger partial charge is 0.494 e. The molecule has 0 bridgehead atoms. The van der Waals surface area contributed by atoms with E-state index < -0.39 is 0 Å². The van der Waals surface area contributed by atoms with Crippen LogP contribution >= 0.6 is 0 Å². The van der Waals surface area contributed by atoms with Gasteiger partial charge in [-0.3, -0.25) is 0 Å². The maximum Gasteiger partial charge on any atom is 0.128 e. The maximum absolute atomic E-state index is 6.07. The predicted molar refractivity (Wildman–Crippen MR) is 86.5 cm³/mol. The number of aryl methyl sites for hydroxylation is 1. The molecular weight excluding hydrogens is 262 g/mol. The lowest BCUT2D eigenvalue weighted by Gasteiger charge is -2.21. The van der Waals surface area contributed by atoms with Gasteiger partial charge in [-0.25, -0.2) is 4.98 Å². The zero-order chi connectivity index (χ0) is 15.2. The Labute approximate surface area is 126 Å². The van der Waals surface area contributed by atoms with Gasteiger partial charge >= 0.3 is 0 Å². The second-order valence-corrected chi connectivity index (χ2v) is 4.98. The van der Waals surface area contributed by atoms with Gasteiger partial charge in [0.1, 0.15) is 11.6 Å². The Morgan fingerprint density at radius 3 is 2.81 bits per heavy atom. The summed E-state index contributed by atoms with van der Waals surface area (Å²) in [7, 11) is 0. The topological polar surface area (TPSA) is 60.2 Å². The van der Waals surface area contributed by atoms with Crippen molar-refractivity contribution in [1.82, 2.24) is 10.3 Å². The fraction of sp³-hybridized carbons (Fsp3) is 0.353. The van der Waals surface area contributed by atoms with Gasteiger partial charge in [-0.1, -0.05) is 19.1 Å². The van der Waals surface area contributed by atoms with Crippen molar-refractivity contribution in [2.45, 2.75) is 26.8 Å². The molecule has 2 rings (SSSR count). The summed E-state index contributed by atoms with van der Waals surface area (Å²) in [5.41, 5.74) is 9.30. The second-order valence-electron chi connectivity index (χ2n) is 4.98. The lowest BCUT2D eigenvalue weighted by atomic mass is 9.98. The first-order chi connectivity index (χ1) is 10.2. The zero-order valence-corrected chi connectivity index (χ0v) is 12.9. The highest BCUT2D eigenvalue weighted by Gasteiger charge is 2.17. The quantitative estimate of drug-likeness (QED) is 0.856. The Bertz CT molecular complexity index is 598. The summed E-state index contributed by atoms with van der Waals surface area (Å²) in [6.45, 7) is 7.59. The molecule has 0 fully saturated rings. The summed E-state index contributed by atoms with van der Waals surface area (Å²) in [4.78, 5) is 4.27. The minimum Gasteiger partial charge on any atom is -0.494 e. The average molecular weight is 285 g/mol. The van der Waals surface area contributed by atoms with Crippen molar-refractivity contribution in [3.63, 3.8) is 0 Å². The minimum atomic E-state index is 0.0165. The molecule has 1 unspecified atom stereocenters. The van der Waals surface area contributed by atoms with Gasteiger partial charge in [0.05, 0.1) is 12.6 Å². The first-order valence-electron chi connectivity index (χ1n) is 7.33. The molecule has 4 nitrogen and oxygen atoms in total. The summed E-state index contributed by atoms with van der Waals surface area (Å²) in [6.07, 6.45) is 1.79. The number of nitrogens with two attached hydrogens (primary N) is 1. The van der Waals surface area contributed by atoms with E-state index in [0.717, 1.165) is 29.0 Å². The zero-order valence-electron chi connectivity index (χ0n) is 12.9. The van der Waals surface area contributed by atoms with E-state index in [9.17, 15) is 0 Å². The van der Waals surface area contributed by atoms with Crippen LogP contribution in [0, 0.1) is 6.92 Å². The fourth-order valence-corrected chi connectivity index (χ4v) is 2.40. The molecule has 4 heteroatoms. The van der Waals surface area contributed by atoms with Crippen LogP contribution in [0.25, 0.3) is 0 Å². The Morgan fingerprint density at radius 2 is 2.10 bits per heavy atom. The van der Waals surface area contributed by atoms with Gasteiger partial charge in [0.15, 0.2) is 0 Å². The Kier molecular flexibility index (Phi) is 5.17. The molecule has 0 aliphatic rings. The van der Waals surface area contributed by atoms with Gasteiger partial charge < -0.3 is 15.8 Å². The van der Waals surface area contributed by atoms with Crippen molar-refractivity contribution in [3.05, 3.63) is 53.2 Å². The van der Waals surface area contributed by atoms with Gasteiger partial charge in [-0.15, -0.1) is 0 Å². The molecule has 1 aromatic carbocycles. The third kappa shape index (κ3) is 3.73. The molecule has 21 heavy (non-hydrogen) atoms. The number of nitrogens with zero attached hydrogens (tertiary/aromatic N) is 1. The van der Waals surface area contributed by atoms with Crippen molar-refractivity contribution in [2.24, 2.45) is 0 Å². The van der Waals surface area contributed by atoms with Crippen LogP contribution in [0.1, 0.15) is 36.6 Å². The molecule has 0 amide bonds. The molecule has 2 aromatic rings. The first-order valence-corrected chi connectivity index (χ1v) is 7.33. The van der Waals surface area contributed by atoms with E-state index in [1.54, 1.807) is 6.20 Å². The number of nitrogen functional groups attached to an aromatic ring is 1. The molecule has 0 saturated heterocycles. The highest BCUT2D eigenvalue weighted by atomic mass is 16.5. The highest BCUT2D eigenvalue weighted by Crippen LogP contribution is 2.28. The number of nitrogens with one attached hydrogen (secondary N) is 1. The molecule has 0 spiro atoms. The smallest absolute Gasteiger partial charge is 0.128 e. The van der Waals surface area contributed by atoms with E-state index >= 15 is 0 Å². The van der Waals surface area contributed by atoms with Crippen molar-refractivity contribution >= 4 is 5.82 Å². The third-order valence-corrected chi connectivity index (χ3v) is 3.31. The van der Waals surface area contributed by atoms with E-state index in [1.807, 2.05) is 26.0 Å². The molecule has 112 valence electrons. The van der Waals surface area contributed by atoms with Crippen molar-refractivity contribution in [3.8, 4) is 5.75 Å². The number of anilines is 1. The summed E-state index contributed by atoms with van der Waals surface area (Å²) >= 11 is 0. The summed E-state index contributed by atoms with van der Waals surface area (Å²) in [6, 6.07) is 10.2. The van der Waals surface area contributed by atoms with E-state index in [-0.39, 0.29) is 6.04 Å². The molecule has 1 aromatic heterocycles. The van der Waals surface area contributed by atoms with Crippen LogP contribution in [0.2, 0.25) is 0 Å². The number of rotatable bonds is 6. The molecule has 1 atom stereocenters. The fourth-order valence-electron chi connectivity index (χ4n) is 2.40. The van der Waals surface area contributed by atoms with Crippen LogP contribution in [0.15, 0.2) is 36.5 Å². The third-order valence-electron chi connectivity index (χ3n) is 3.31. The number of pyridine rings is 1. The van der Waals surface area contributed by atoms with Gasteiger partial charge in [0, 0.05) is 11.8 Å². The summed E-state index contributed by atoms with van der Waals surface area (Å²) in [5.74, 6) is 1.44. The van der Waals surface area contributed by atoms with Crippen LogP contribution in [-0.2, 0) is 0 Å². The maximum atomic E-state index is 6.07. The van der Waals surface area contributed by atoms with E-state index in [4.69, 9.17) is 10.5 Å². The van der Waals surface area contributed by atoms with Crippen LogP contribution < -0.4 is 15.8 Å². The number of ether oxygens (including phenoxy) is 1. The van der Waals surface area contributed by atoms with Crippen molar-refractivity contribution in [2.75, 3.05) is 18.9 Å². The van der Waals surface area contributed by atoms with E-state index in [1.165, 1.54) is 0 Å². The Balaban J connectivity index is 2.42. The lowest BCUT2D eigenvalue weighted by Crippen LogP contribution is -2.23. The molecule has 0 saturated carbocycles. The summed E-state index contributed by atoms with van der Waals surface area (Å²) < 4.78 is 5.59. The standard InChI is InChI=1S/C17H23N3O/c1-4-19-16(15-9-12(3)11-20-17(15)18)13-7-6-8-14(10-13)21-5-2/h6-11,16,19H,4-5H2,1-3H3,(H2,18,20). The normalized spacial score (nSPS) is 12.1. The molecule has 0 radical (unpaired) electrons. The average Bonchev–Trinajstić information content (AvgIpc) is 2.48.